The number of amides is 1. The van der Waals surface area contributed by atoms with E-state index >= 15 is 0 Å². The van der Waals surface area contributed by atoms with Gasteiger partial charge in [-0.2, -0.15) is 0 Å². The largest absolute Gasteiger partial charge is 0.481 e. The fourth-order valence-corrected chi connectivity index (χ4v) is 5.73. The van der Waals surface area contributed by atoms with Crippen LogP contribution in [0, 0.1) is 0 Å². The third kappa shape index (κ3) is 6.22. The minimum Gasteiger partial charge on any atom is -0.481 e. The van der Waals surface area contributed by atoms with Crippen LogP contribution in [0.2, 0.25) is 0 Å². The number of nitrogen functional groups attached to an aromatic ring is 1. The molecule has 10 nitrogen and oxygen atoms in total. The molecule has 1 saturated carbocycles. The number of aryl methyl sites for hydroxylation is 1. The molecule has 0 bridgehead atoms. The smallest absolute Gasteiger partial charge is 0.408 e. The van der Waals surface area contributed by atoms with Crippen molar-refractivity contribution in [1.82, 2.24) is 24.8 Å². The first-order chi connectivity index (χ1) is 21.5. The van der Waals surface area contributed by atoms with Crippen molar-refractivity contribution in [2.75, 3.05) is 5.73 Å². The second kappa shape index (κ2) is 11.7. The Labute approximate surface area is 261 Å². The van der Waals surface area contributed by atoms with E-state index in [0.29, 0.717) is 34.8 Å². The molecule has 230 valence electrons. The molecule has 1 fully saturated rings. The number of benzene rings is 2. The predicted octanol–water partition coefficient (Wildman–Crippen LogP) is 6.65. The van der Waals surface area contributed by atoms with Gasteiger partial charge in [0, 0.05) is 23.9 Å². The summed E-state index contributed by atoms with van der Waals surface area (Å²) < 4.78 is 7.53. The number of aromatic nitrogens is 4. The molecule has 5 aromatic rings. The van der Waals surface area contributed by atoms with E-state index in [1.165, 1.54) is 0 Å². The van der Waals surface area contributed by atoms with E-state index in [1.807, 2.05) is 98.1 Å². The summed E-state index contributed by atoms with van der Waals surface area (Å²) in [5.41, 5.74) is 11.6. The average Bonchev–Trinajstić information content (AvgIpc) is 3.36. The van der Waals surface area contributed by atoms with Crippen molar-refractivity contribution in [3.05, 3.63) is 90.1 Å². The molecule has 2 aromatic carbocycles. The second-order valence-electron chi connectivity index (χ2n) is 12.4. The molecular weight excluding hydrogens is 568 g/mol. The number of aliphatic carboxylic acids is 1. The van der Waals surface area contributed by atoms with E-state index in [4.69, 9.17) is 25.5 Å². The summed E-state index contributed by atoms with van der Waals surface area (Å²) in [7, 11) is 0. The van der Waals surface area contributed by atoms with Gasteiger partial charge in [-0.05, 0) is 100 Å². The van der Waals surface area contributed by atoms with Gasteiger partial charge in [-0.25, -0.2) is 19.7 Å². The lowest BCUT2D eigenvalue weighted by atomic mass is 9.72. The number of carbonyl (C=O) groups is 2. The highest BCUT2D eigenvalue weighted by Crippen LogP contribution is 2.42. The SMILES string of the molecule is CC(C)(C)OC(=O)NC1(c2ccc(-n3c(-c4cccnc4N)nc4ccc(-c5cccc(CCC(=O)O)c5)nc43)cc2)CCC1. The van der Waals surface area contributed by atoms with E-state index in [2.05, 4.69) is 10.3 Å². The number of fused-ring (bicyclic) bond motifs is 1. The molecule has 1 aliphatic carbocycles. The van der Waals surface area contributed by atoms with Crippen LogP contribution in [0.15, 0.2) is 79.0 Å². The van der Waals surface area contributed by atoms with Crippen molar-refractivity contribution in [3.63, 3.8) is 0 Å². The summed E-state index contributed by atoms with van der Waals surface area (Å²) in [6, 6.07) is 23.4. The van der Waals surface area contributed by atoms with Gasteiger partial charge in [0.15, 0.2) is 11.5 Å². The monoisotopic (exact) mass is 604 g/mol. The number of nitrogens with one attached hydrogen (secondary N) is 1. The minimum atomic E-state index is -0.832. The molecule has 6 rings (SSSR count). The first-order valence-electron chi connectivity index (χ1n) is 15.0. The molecule has 3 heterocycles. The van der Waals surface area contributed by atoms with E-state index in [0.717, 1.165) is 47.3 Å². The zero-order chi connectivity index (χ0) is 31.8. The Morgan fingerprint density at radius 3 is 2.47 bits per heavy atom. The highest BCUT2D eigenvalue weighted by molar-refractivity contribution is 5.84. The topological polar surface area (TPSA) is 145 Å². The fraction of sp³-hybridized carbons (Fsp3) is 0.286. The molecule has 10 heteroatoms. The van der Waals surface area contributed by atoms with Crippen LogP contribution < -0.4 is 11.1 Å². The maximum absolute atomic E-state index is 12.7. The molecule has 3 aromatic heterocycles. The number of pyridine rings is 2. The molecule has 0 radical (unpaired) electrons. The average molecular weight is 605 g/mol. The number of alkyl carbamates (subject to hydrolysis) is 1. The number of carbonyl (C=O) groups excluding carboxylic acids is 1. The summed E-state index contributed by atoms with van der Waals surface area (Å²) in [6.07, 6.45) is 4.38. The lowest BCUT2D eigenvalue weighted by Crippen LogP contribution is -2.52. The van der Waals surface area contributed by atoms with Gasteiger partial charge in [0.05, 0.1) is 16.8 Å². The van der Waals surface area contributed by atoms with Gasteiger partial charge in [0.25, 0.3) is 0 Å². The van der Waals surface area contributed by atoms with Crippen molar-refractivity contribution in [2.45, 2.75) is 64.0 Å². The van der Waals surface area contributed by atoms with Crippen LogP contribution in [0.5, 0.6) is 0 Å². The molecule has 0 unspecified atom stereocenters. The van der Waals surface area contributed by atoms with Gasteiger partial charge in [-0.1, -0.05) is 30.3 Å². The summed E-state index contributed by atoms with van der Waals surface area (Å²) in [6.45, 7) is 5.56. The molecular formula is C35H36N6O4. The number of anilines is 1. The van der Waals surface area contributed by atoms with E-state index in [-0.39, 0.29) is 6.42 Å². The molecule has 1 aliphatic rings. The zero-order valence-electron chi connectivity index (χ0n) is 25.6. The first-order valence-corrected chi connectivity index (χ1v) is 15.0. The maximum Gasteiger partial charge on any atom is 0.408 e. The zero-order valence-corrected chi connectivity index (χ0v) is 25.6. The Bertz CT molecular complexity index is 1890. The fourth-order valence-electron chi connectivity index (χ4n) is 5.73. The molecule has 1 amide bonds. The minimum absolute atomic E-state index is 0.0587. The van der Waals surface area contributed by atoms with Gasteiger partial charge in [-0.3, -0.25) is 9.36 Å². The second-order valence-corrected chi connectivity index (χ2v) is 12.4. The highest BCUT2D eigenvalue weighted by Gasteiger charge is 2.41. The van der Waals surface area contributed by atoms with Crippen molar-refractivity contribution in [2.24, 2.45) is 0 Å². The third-order valence-electron chi connectivity index (χ3n) is 8.06. The van der Waals surface area contributed by atoms with Crippen molar-refractivity contribution in [1.29, 1.82) is 0 Å². The molecule has 45 heavy (non-hydrogen) atoms. The van der Waals surface area contributed by atoms with Crippen LogP contribution in [-0.4, -0.2) is 42.3 Å². The number of nitrogens with two attached hydrogens (primary N) is 1. The van der Waals surface area contributed by atoms with Crippen molar-refractivity contribution in [3.8, 4) is 28.3 Å². The van der Waals surface area contributed by atoms with Crippen LogP contribution in [0.25, 0.3) is 39.5 Å². The van der Waals surface area contributed by atoms with Gasteiger partial charge in [0.1, 0.15) is 16.9 Å². The molecule has 0 spiro atoms. The number of imidazole rings is 1. The quantitative estimate of drug-likeness (QED) is 0.178. The van der Waals surface area contributed by atoms with Crippen LogP contribution in [0.3, 0.4) is 0 Å². The van der Waals surface area contributed by atoms with E-state index < -0.39 is 23.2 Å². The number of hydrogen-bond acceptors (Lipinski definition) is 7. The Kier molecular flexibility index (Phi) is 7.74. The maximum atomic E-state index is 12.7. The van der Waals surface area contributed by atoms with Gasteiger partial charge < -0.3 is 20.9 Å². The Morgan fingerprint density at radius 1 is 1.02 bits per heavy atom. The summed E-state index contributed by atoms with van der Waals surface area (Å²) in [5.74, 6) is 0.126. The number of hydrogen-bond donors (Lipinski definition) is 3. The van der Waals surface area contributed by atoms with Crippen LogP contribution in [0.4, 0.5) is 10.6 Å². The molecule has 0 aliphatic heterocycles. The van der Waals surface area contributed by atoms with Crippen LogP contribution >= 0.6 is 0 Å². The van der Waals surface area contributed by atoms with Gasteiger partial charge in [0.2, 0.25) is 0 Å². The normalized spacial score (nSPS) is 14.1. The first kappa shape index (κ1) is 29.8. The lowest BCUT2D eigenvalue weighted by Gasteiger charge is -2.43. The standard InChI is InChI=1S/C35H36N6O4/c1-34(2,3)45-33(44)40-35(18-6-19-35)24-11-13-25(14-12-24)41-31(26-9-5-20-37-30(26)36)39-28-16-15-27(38-32(28)41)23-8-4-7-22(21-23)10-17-29(42)43/h4-5,7-9,11-16,20-21H,6,10,17-19H2,1-3H3,(H2,36,37)(H,40,44)(H,42,43). The summed E-state index contributed by atoms with van der Waals surface area (Å²) >= 11 is 0. The van der Waals surface area contributed by atoms with Crippen molar-refractivity contribution < 1.29 is 19.4 Å². The Hall–Kier alpha value is -5.25. The Balaban J connectivity index is 1.42. The highest BCUT2D eigenvalue weighted by atomic mass is 16.6. The molecule has 4 N–H and O–H groups in total. The number of nitrogens with zero attached hydrogens (tertiary/aromatic N) is 4. The van der Waals surface area contributed by atoms with Crippen LogP contribution in [-0.2, 0) is 21.5 Å². The van der Waals surface area contributed by atoms with Gasteiger partial charge >= 0.3 is 12.1 Å². The van der Waals surface area contributed by atoms with E-state index in [1.54, 1.807) is 6.20 Å². The summed E-state index contributed by atoms with van der Waals surface area (Å²) in [5, 5.41) is 12.3. The third-order valence-corrected chi connectivity index (χ3v) is 8.06. The number of carboxylic acids is 1. The molecule has 0 atom stereocenters. The number of rotatable bonds is 8. The predicted molar refractivity (Wildman–Crippen MR) is 173 cm³/mol. The number of ether oxygens (including phenoxy) is 1. The summed E-state index contributed by atoms with van der Waals surface area (Å²) in [4.78, 5) is 38.1. The van der Waals surface area contributed by atoms with Crippen molar-refractivity contribution >= 4 is 29.0 Å². The Morgan fingerprint density at radius 2 is 1.80 bits per heavy atom. The van der Waals surface area contributed by atoms with E-state index in [9.17, 15) is 9.59 Å². The number of carboxylic acid groups (broad SMARTS) is 1. The van der Waals surface area contributed by atoms with Gasteiger partial charge in [-0.15, -0.1) is 0 Å². The van der Waals surface area contributed by atoms with Crippen LogP contribution in [0.1, 0.15) is 57.6 Å². The molecule has 0 saturated heterocycles. The lowest BCUT2D eigenvalue weighted by molar-refractivity contribution is -0.136.